The van der Waals surface area contributed by atoms with E-state index in [0.29, 0.717) is 0 Å². The summed E-state index contributed by atoms with van der Waals surface area (Å²) in [7, 11) is 2.43. The molecule has 0 aromatic rings. The molecule has 0 aromatic heterocycles. The molecule has 0 aliphatic heterocycles. The Morgan fingerprint density at radius 1 is 1.08 bits per heavy atom. The van der Waals surface area contributed by atoms with Crippen LogP contribution < -0.4 is 0 Å². The van der Waals surface area contributed by atoms with E-state index in [1.54, 1.807) is 0 Å². The summed E-state index contributed by atoms with van der Waals surface area (Å²) in [5.41, 5.74) is 0. The van der Waals surface area contributed by atoms with Crippen molar-refractivity contribution >= 4 is 0 Å². The zero-order chi connectivity index (χ0) is 9.99. The molecule has 0 atom stereocenters. The van der Waals surface area contributed by atoms with Gasteiger partial charge in [0.15, 0.2) is 0 Å². The van der Waals surface area contributed by atoms with Crippen LogP contribution in [-0.2, 0) is 4.84 Å². The maximum atomic E-state index is 12.0. The van der Waals surface area contributed by atoms with E-state index in [0.717, 1.165) is 5.06 Å². The highest BCUT2D eigenvalue weighted by Gasteiger charge is 2.57. The third-order valence-corrected chi connectivity index (χ3v) is 0.919. The third kappa shape index (κ3) is 3.31. The largest absolute Gasteiger partial charge is 0.455 e. The highest BCUT2D eigenvalue weighted by molar-refractivity contribution is 4.74. The van der Waals surface area contributed by atoms with Gasteiger partial charge in [0.1, 0.15) is 6.61 Å². The van der Waals surface area contributed by atoms with Crippen molar-refractivity contribution in [1.29, 1.82) is 0 Å². The van der Waals surface area contributed by atoms with Gasteiger partial charge in [-0.05, 0) is 0 Å². The summed E-state index contributed by atoms with van der Waals surface area (Å²) in [4.78, 5) is 4.00. The first-order chi connectivity index (χ1) is 5.17. The average molecular weight is 193 g/mol. The summed E-state index contributed by atoms with van der Waals surface area (Å²) in [6, 6.07) is 0. The molecule has 0 rings (SSSR count). The Morgan fingerprint density at radius 3 is 1.75 bits per heavy atom. The molecule has 0 radical (unpaired) electrons. The molecule has 0 aliphatic carbocycles. The molecule has 0 N–H and O–H groups in total. The van der Waals surface area contributed by atoms with Gasteiger partial charge in [-0.1, -0.05) is 0 Å². The van der Waals surface area contributed by atoms with Crippen molar-refractivity contribution < 1.29 is 26.8 Å². The molecule has 0 aliphatic rings. The highest BCUT2D eigenvalue weighted by atomic mass is 19.4. The third-order valence-electron chi connectivity index (χ3n) is 0.919. The minimum Gasteiger partial charge on any atom is -0.293 e. The van der Waals surface area contributed by atoms with Gasteiger partial charge < -0.3 is 0 Å². The topological polar surface area (TPSA) is 12.5 Å². The minimum absolute atomic E-state index is 0.777. The van der Waals surface area contributed by atoms with Crippen LogP contribution in [0.1, 0.15) is 0 Å². The van der Waals surface area contributed by atoms with Crippen LogP contribution in [0.5, 0.6) is 0 Å². The van der Waals surface area contributed by atoms with E-state index in [4.69, 9.17) is 0 Å². The van der Waals surface area contributed by atoms with E-state index in [-0.39, 0.29) is 0 Å². The molecule has 7 heteroatoms. The molecule has 0 aromatic carbocycles. The number of hydrogen-bond donors (Lipinski definition) is 0. The van der Waals surface area contributed by atoms with Crippen molar-refractivity contribution in [3.05, 3.63) is 0 Å². The molecular formula is C5H8F5NO. The number of hydroxylamine groups is 2. The number of nitrogens with zero attached hydrogens (tertiary/aromatic N) is 1. The van der Waals surface area contributed by atoms with Gasteiger partial charge in [-0.3, -0.25) is 4.84 Å². The fraction of sp³-hybridized carbons (Fsp3) is 1.00. The Labute approximate surface area is 65.9 Å². The van der Waals surface area contributed by atoms with E-state index in [1.165, 1.54) is 14.1 Å². The van der Waals surface area contributed by atoms with E-state index in [9.17, 15) is 22.0 Å². The molecule has 0 saturated carbocycles. The van der Waals surface area contributed by atoms with Crippen LogP contribution >= 0.6 is 0 Å². The zero-order valence-electron chi connectivity index (χ0n) is 6.45. The summed E-state index contributed by atoms with van der Waals surface area (Å²) in [6.07, 6.45) is -5.55. The summed E-state index contributed by atoms with van der Waals surface area (Å²) in [6.45, 7) is -1.69. The predicted molar refractivity (Wildman–Crippen MR) is 30.6 cm³/mol. The number of rotatable bonds is 3. The van der Waals surface area contributed by atoms with Crippen LogP contribution in [0.4, 0.5) is 22.0 Å². The van der Waals surface area contributed by atoms with E-state index >= 15 is 0 Å². The first kappa shape index (κ1) is 11.6. The van der Waals surface area contributed by atoms with Gasteiger partial charge in [-0.15, -0.1) is 0 Å². The molecular weight excluding hydrogens is 185 g/mol. The maximum absolute atomic E-state index is 12.0. The molecule has 0 unspecified atom stereocenters. The van der Waals surface area contributed by atoms with Crippen LogP contribution in [0.3, 0.4) is 0 Å². The van der Waals surface area contributed by atoms with Crippen molar-refractivity contribution in [2.24, 2.45) is 0 Å². The standard InChI is InChI=1S/C5H8F5NO/c1-11(2)12-3-4(6,7)5(8,9)10/h3H2,1-2H3. The summed E-state index contributed by atoms with van der Waals surface area (Å²) >= 11 is 0. The second kappa shape index (κ2) is 3.53. The predicted octanol–water partition coefficient (Wildman–Crippen LogP) is 1.68. The van der Waals surface area contributed by atoms with Crippen LogP contribution in [0.15, 0.2) is 0 Å². The van der Waals surface area contributed by atoms with Crippen LogP contribution in [0.2, 0.25) is 0 Å². The Hall–Kier alpha value is -0.430. The molecule has 2 nitrogen and oxygen atoms in total. The molecule has 0 saturated heterocycles. The second-order valence-electron chi connectivity index (χ2n) is 2.29. The fourth-order valence-electron chi connectivity index (χ4n) is 0.292. The van der Waals surface area contributed by atoms with Crippen LogP contribution in [0.25, 0.3) is 0 Å². The Bertz CT molecular complexity index is 143. The lowest BCUT2D eigenvalue weighted by molar-refractivity contribution is -0.316. The number of halogens is 5. The van der Waals surface area contributed by atoms with Gasteiger partial charge in [-0.25, -0.2) is 0 Å². The van der Waals surface area contributed by atoms with Gasteiger partial charge in [0.2, 0.25) is 0 Å². The molecule has 0 heterocycles. The van der Waals surface area contributed by atoms with Crippen molar-refractivity contribution in [3.63, 3.8) is 0 Å². The lowest BCUT2D eigenvalue weighted by Crippen LogP contribution is -2.42. The van der Waals surface area contributed by atoms with Crippen molar-refractivity contribution in [2.45, 2.75) is 12.1 Å². The molecule has 0 fully saturated rings. The SMILES string of the molecule is CN(C)OCC(F)(F)C(F)(F)F. The van der Waals surface area contributed by atoms with Crippen LogP contribution in [-0.4, -0.2) is 37.9 Å². The zero-order valence-corrected chi connectivity index (χ0v) is 6.45. The Balaban J connectivity index is 4.05. The summed E-state index contributed by atoms with van der Waals surface area (Å²) in [5, 5.41) is 0.777. The highest BCUT2D eigenvalue weighted by Crippen LogP contribution is 2.35. The molecule has 12 heavy (non-hydrogen) atoms. The monoisotopic (exact) mass is 193 g/mol. The van der Waals surface area contributed by atoms with Gasteiger partial charge in [0.25, 0.3) is 0 Å². The van der Waals surface area contributed by atoms with Gasteiger partial charge in [0.05, 0.1) is 0 Å². The molecule has 0 bridgehead atoms. The Morgan fingerprint density at radius 2 is 1.50 bits per heavy atom. The first-order valence-corrected chi connectivity index (χ1v) is 2.91. The lowest BCUT2D eigenvalue weighted by Gasteiger charge is -2.20. The fourth-order valence-corrected chi connectivity index (χ4v) is 0.292. The molecule has 0 amide bonds. The quantitative estimate of drug-likeness (QED) is 0.499. The smallest absolute Gasteiger partial charge is 0.293 e. The van der Waals surface area contributed by atoms with Crippen molar-refractivity contribution in [2.75, 3.05) is 20.7 Å². The second-order valence-corrected chi connectivity index (χ2v) is 2.29. The van der Waals surface area contributed by atoms with E-state index in [1.807, 2.05) is 0 Å². The van der Waals surface area contributed by atoms with Gasteiger partial charge in [-0.2, -0.15) is 27.0 Å². The van der Waals surface area contributed by atoms with Crippen LogP contribution in [0, 0.1) is 0 Å². The number of hydrogen-bond acceptors (Lipinski definition) is 2. The Kier molecular flexibility index (Phi) is 3.40. The van der Waals surface area contributed by atoms with E-state index < -0.39 is 18.7 Å². The van der Waals surface area contributed by atoms with Crippen molar-refractivity contribution in [1.82, 2.24) is 5.06 Å². The van der Waals surface area contributed by atoms with E-state index in [2.05, 4.69) is 4.84 Å². The summed E-state index contributed by atoms with van der Waals surface area (Å²) < 4.78 is 58.3. The first-order valence-electron chi connectivity index (χ1n) is 2.91. The van der Waals surface area contributed by atoms with Gasteiger partial charge >= 0.3 is 12.1 Å². The molecule has 74 valence electrons. The normalized spacial score (nSPS) is 14.0. The summed E-state index contributed by atoms with van der Waals surface area (Å²) in [5.74, 6) is -4.79. The minimum atomic E-state index is -5.55. The molecule has 0 spiro atoms. The van der Waals surface area contributed by atoms with Gasteiger partial charge in [0, 0.05) is 14.1 Å². The average Bonchev–Trinajstić information content (AvgIpc) is 1.81. The maximum Gasteiger partial charge on any atom is 0.455 e. The number of alkyl halides is 5. The lowest BCUT2D eigenvalue weighted by atomic mass is 10.3. The van der Waals surface area contributed by atoms with Crippen molar-refractivity contribution in [3.8, 4) is 0 Å².